The van der Waals surface area contributed by atoms with Crippen LogP contribution in [0.15, 0.2) is 28.7 Å². The monoisotopic (exact) mass is 233 g/mol. The van der Waals surface area contributed by atoms with Crippen LogP contribution in [-0.2, 0) is 6.54 Å². The van der Waals surface area contributed by atoms with Gasteiger partial charge >= 0.3 is 5.89 Å². The van der Waals surface area contributed by atoms with E-state index in [1.807, 2.05) is 18.2 Å². The minimum atomic E-state index is -1.27. The third-order valence-electron chi connectivity index (χ3n) is 2.77. The van der Waals surface area contributed by atoms with Crippen molar-refractivity contribution in [3.8, 4) is 0 Å². The number of nitrogens with zero attached hydrogens (tertiary/aromatic N) is 1. The van der Waals surface area contributed by atoms with Crippen molar-refractivity contribution in [1.29, 1.82) is 0 Å². The van der Waals surface area contributed by atoms with Gasteiger partial charge < -0.3 is 14.3 Å². The average Bonchev–Trinajstić information content (AvgIpc) is 2.69. The fourth-order valence-electron chi connectivity index (χ4n) is 1.93. The topological polar surface area (TPSA) is 57.1 Å². The fourth-order valence-corrected chi connectivity index (χ4v) is 1.93. The van der Waals surface area contributed by atoms with E-state index in [2.05, 4.69) is 6.92 Å². The highest BCUT2D eigenvalue weighted by Gasteiger charge is 2.22. The van der Waals surface area contributed by atoms with E-state index in [0.717, 1.165) is 24.8 Å². The molecule has 0 spiro atoms. The highest BCUT2D eigenvalue weighted by molar-refractivity contribution is 5.81. The normalized spacial score (nSPS) is 10.9. The Morgan fingerprint density at radius 1 is 1.35 bits per heavy atom. The van der Waals surface area contributed by atoms with Crippen LogP contribution in [0.1, 0.15) is 36.9 Å². The van der Waals surface area contributed by atoms with E-state index < -0.39 is 5.97 Å². The summed E-state index contributed by atoms with van der Waals surface area (Å²) in [6.45, 7) is 2.76. The SMILES string of the molecule is CCCCC[n+]1c(C(=O)[O-])oc2ccccc21. The van der Waals surface area contributed by atoms with Crippen molar-refractivity contribution in [1.82, 2.24) is 0 Å². The molecule has 1 aromatic carbocycles. The Morgan fingerprint density at radius 2 is 2.12 bits per heavy atom. The molecule has 17 heavy (non-hydrogen) atoms. The number of aromatic carboxylic acids is 1. The predicted octanol–water partition coefficient (Wildman–Crippen LogP) is 1.27. The van der Waals surface area contributed by atoms with E-state index in [9.17, 15) is 9.90 Å². The summed E-state index contributed by atoms with van der Waals surface area (Å²) in [6, 6.07) is 7.31. The lowest BCUT2D eigenvalue weighted by Gasteiger charge is -1.97. The quantitative estimate of drug-likeness (QED) is 0.577. The molecule has 1 aromatic heterocycles. The first-order valence-electron chi connectivity index (χ1n) is 5.86. The number of fused-ring (bicyclic) bond motifs is 1. The number of benzene rings is 1. The summed E-state index contributed by atoms with van der Waals surface area (Å²) in [6.07, 6.45) is 3.10. The van der Waals surface area contributed by atoms with E-state index in [4.69, 9.17) is 4.42 Å². The van der Waals surface area contributed by atoms with E-state index in [-0.39, 0.29) is 5.89 Å². The number of para-hydroxylation sites is 2. The van der Waals surface area contributed by atoms with Gasteiger partial charge in [-0.15, -0.1) is 0 Å². The number of carbonyl (C=O) groups is 1. The number of oxazole rings is 1. The summed E-state index contributed by atoms with van der Waals surface area (Å²) in [5, 5.41) is 11.0. The number of carboxylic acids is 1. The standard InChI is InChI=1S/C13H15NO3/c1-2-3-6-9-14-10-7-4-5-8-11(10)17-12(14)13(15)16/h4-5,7-8H,2-3,6,9H2,1H3. The number of hydrogen-bond acceptors (Lipinski definition) is 3. The molecule has 0 atom stereocenters. The second kappa shape index (κ2) is 4.99. The van der Waals surface area contributed by atoms with E-state index in [0.29, 0.717) is 12.1 Å². The molecule has 0 N–H and O–H groups in total. The van der Waals surface area contributed by atoms with Crippen molar-refractivity contribution in [2.75, 3.05) is 0 Å². The number of carboxylic acid groups (broad SMARTS) is 1. The number of aryl methyl sites for hydroxylation is 1. The van der Waals surface area contributed by atoms with Crippen molar-refractivity contribution >= 4 is 17.1 Å². The van der Waals surface area contributed by atoms with Gasteiger partial charge in [0.15, 0.2) is 12.5 Å². The summed E-state index contributed by atoms with van der Waals surface area (Å²) in [4.78, 5) is 11.0. The maximum atomic E-state index is 11.0. The lowest BCUT2D eigenvalue weighted by atomic mass is 10.2. The van der Waals surface area contributed by atoms with E-state index in [1.165, 1.54) is 0 Å². The number of rotatable bonds is 5. The number of aromatic nitrogens is 1. The Morgan fingerprint density at radius 3 is 2.82 bits per heavy atom. The van der Waals surface area contributed by atoms with Crippen molar-refractivity contribution < 1.29 is 18.9 Å². The highest BCUT2D eigenvalue weighted by Crippen LogP contribution is 2.13. The third kappa shape index (κ3) is 2.30. The zero-order chi connectivity index (χ0) is 12.3. The van der Waals surface area contributed by atoms with Crippen molar-refractivity contribution in [2.24, 2.45) is 0 Å². The molecule has 0 fully saturated rings. The molecule has 0 saturated carbocycles. The molecule has 2 aromatic rings. The van der Waals surface area contributed by atoms with Gasteiger partial charge in [0, 0.05) is 12.5 Å². The van der Waals surface area contributed by atoms with Gasteiger partial charge in [0.1, 0.15) is 0 Å². The van der Waals surface area contributed by atoms with Crippen LogP contribution in [0.3, 0.4) is 0 Å². The Bertz CT molecular complexity index is 530. The molecule has 0 aliphatic carbocycles. The van der Waals surface area contributed by atoms with Crippen molar-refractivity contribution in [3.63, 3.8) is 0 Å². The molecule has 0 saturated heterocycles. The lowest BCUT2D eigenvalue weighted by molar-refractivity contribution is -0.681. The Balaban J connectivity index is 2.41. The molecular weight excluding hydrogens is 218 g/mol. The van der Waals surface area contributed by atoms with Crippen molar-refractivity contribution in [3.05, 3.63) is 30.2 Å². The van der Waals surface area contributed by atoms with Crippen LogP contribution in [0.5, 0.6) is 0 Å². The molecule has 0 radical (unpaired) electrons. The van der Waals surface area contributed by atoms with Crippen LogP contribution in [0.2, 0.25) is 0 Å². The summed E-state index contributed by atoms with van der Waals surface area (Å²) >= 11 is 0. The molecule has 4 heteroatoms. The minimum absolute atomic E-state index is 0.0951. The van der Waals surface area contributed by atoms with Gasteiger partial charge in [-0.05, 0) is 12.5 Å². The minimum Gasteiger partial charge on any atom is -0.537 e. The Kier molecular flexibility index (Phi) is 3.42. The van der Waals surface area contributed by atoms with Crippen LogP contribution in [0.25, 0.3) is 11.1 Å². The number of carbonyl (C=O) groups excluding carboxylic acids is 1. The predicted molar refractivity (Wildman–Crippen MR) is 60.3 cm³/mol. The van der Waals surface area contributed by atoms with Crippen LogP contribution in [-0.4, -0.2) is 5.97 Å². The van der Waals surface area contributed by atoms with Crippen molar-refractivity contribution in [2.45, 2.75) is 32.7 Å². The van der Waals surface area contributed by atoms with Crippen LogP contribution in [0.4, 0.5) is 0 Å². The molecule has 0 bridgehead atoms. The first kappa shape index (κ1) is 11.6. The average molecular weight is 233 g/mol. The van der Waals surface area contributed by atoms with Crippen LogP contribution in [0, 0.1) is 0 Å². The van der Waals surface area contributed by atoms with Gasteiger partial charge in [-0.3, -0.25) is 0 Å². The third-order valence-corrected chi connectivity index (χ3v) is 2.77. The smallest absolute Gasteiger partial charge is 0.397 e. The molecule has 0 unspecified atom stereocenters. The van der Waals surface area contributed by atoms with Crippen LogP contribution >= 0.6 is 0 Å². The largest absolute Gasteiger partial charge is 0.537 e. The highest BCUT2D eigenvalue weighted by atomic mass is 16.4. The molecule has 4 nitrogen and oxygen atoms in total. The zero-order valence-corrected chi connectivity index (χ0v) is 9.81. The van der Waals surface area contributed by atoms with E-state index >= 15 is 0 Å². The van der Waals surface area contributed by atoms with Gasteiger partial charge in [-0.1, -0.05) is 25.5 Å². The summed E-state index contributed by atoms with van der Waals surface area (Å²) in [5.74, 6) is -1.36. The van der Waals surface area contributed by atoms with Crippen LogP contribution < -0.4 is 9.67 Å². The summed E-state index contributed by atoms with van der Waals surface area (Å²) < 4.78 is 6.97. The van der Waals surface area contributed by atoms with Gasteiger partial charge in [-0.25, -0.2) is 0 Å². The molecule has 0 aliphatic heterocycles. The summed E-state index contributed by atoms with van der Waals surface area (Å²) in [5.41, 5.74) is 1.39. The lowest BCUT2D eigenvalue weighted by Crippen LogP contribution is -2.42. The fraction of sp³-hybridized carbons (Fsp3) is 0.385. The zero-order valence-electron chi connectivity index (χ0n) is 9.81. The van der Waals surface area contributed by atoms with Gasteiger partial charge in [-0.2, -0.15) is 4.57 Å². The molecule has 0 aliphatic rings. The molecule has 2 rings (SSSR count). The number of hydrogen-bond donors (Lipinski definition) is 0. The maximum absolute atomic E-state index is 11.0. The Hall–Kier alpha value is -1.84. The molecule has 1 heterocycles. The van der Waals surface area contributed by atoms with Gasteiger partial charge in [0.2, 0.25) is 5.58 Å². The van der Waals surface area contributed by atoms with Gasteiger partial charge in [0.25, 0.3) is 5.52 Å². The second-order valence-corrected chi connectivity index (χ2v) is 4.02. The second-order valence-electron chi connectivity index (χ2n) is 4.02. The van der Waals surface area contributed by atoms with Gasteiger partial charge in [0.05, 0.1) is 0 Å². The number of unbranched alkanes of at least 4 members (excludes halogenated alkanes) is 2. The molecule has 0 amide bonds. The first-order valence-corrected chi connectivity index (χ1v) is 5.86. The Labute approximate surface area is 99.5 Å². The summed E-state index contributed by atoms with van der Waals surface area (Å²) in [7, 11) is 0. The maximum Gasteiger partial charge on any atom is 0.397 e. The first-order chi connectivity index (χ1) is 8.24. The molecule has 90 valence electrons. The van der Waals surface area contributed by atoms with E-state index in [1.54, 1.807) is 10.6 Å². The molecular formula is C13H15NO3.